The Balaban J connectivity index is 0.00000197. The normalized spacial score (nSPS) is 13.3. The highest BCUT2D eigenvalue weighted by Crippen LogP contribution is 2.58. The Morgan fingerprint density at radius 3 is 1.08 bits per heavy atom. The number of para-hydroxylation sites is 4. The van der Waals surface area contributed by atoms with Gasteiger partial charge in [0.15, 0.2) is 33.5 Å². The van der Waals surface area contributed by atoms with E-state index in [2.05, 4.69) is 107 Å². The minimum absolute atomic E-state index is 0.0120. The van der Waals surface area contributed by atoms with E-state index in [0.29, 0.717) is 83.0 Å². The fraction of sp³-hybridized carbons (Fsp3) is 0.733. The maximum absolute atomic E-state index is 15.0. The number of benzene rings is 4. The molecule has 752 valence electrons. The van der Waals surface area contributed by atoms with Gasteiger partial charge >= 0.3 is 38.4 Å². The molecular formula is C90H160F3I2N4O26P3S. The first-order chi connectivity index (χ1) is 59.8. The Morgan fingerprint density at radius 2 is 0.767 bits per heavy atom. The molecule has 4 aromatic rings. The predicted octanol–water partition coefficient (Wildman–Crippen LogP) is 20.4. The molecule has 0 amide bonds. The lowest BCUT2D eigenvalue weighted by Crippen LogP contribution is -2.47. The Bertz CT molecular complexity index is 3800. The smallest absolute Gasteiger partial charge is 0.467 e. The van der Waals surface area contributed by atoms with Crippen molar-refractivity contribution in [3.63, 3.8) is 0 Å². The summed E-state index contributed by atoms with van der Waals surface area (Å²) in [4.78, 5) is 6.23. The third-order valence-corrected chi connectivity index (χ3v) is 26.2. The van der Waals surface area contributed by atoms with Crippen molar-refractivity contribution in [1.82, 2.24) is 20.0 Å². The van der Waals surface area contributed by atoms with Gasteiger partial charge in [-0.2, -0.15) is 21.6 Å². The molecule has 0 aliphatic rings. The zero-order valence-electron chi connectivity index (χ0n) is 82.2. The van der Waals surface area contributed by atoms with E-state index in [4.69, 9.17) is 84.0 Å². The molecule has 3 N–H and O–H groups in total. The van der Waals surface area contributed by atoms with Gasteiger partial charge in [-0.3, -0.25) is 32.6 Å². The first-order valence-corrected chi connectivity index (χ1v) is 52.4. The molecule has 2 atom stereocenters. The monoisotopic (exact) mass is 2150 g/mol. The minimum Gasteiger partial charge on any atom is -0.467 e. The standard InChI is InChI=1S/C43H76N2O13P2.C26H39NO7.C10H20F3O6PS.C8H19N.C3H6I2/c1-40(2,3)55-59(47,56-41(4,5)6)31-44(27-35-19-15-17-21-38(35)53-33-51-25-23-49-13)29-37(30-46)45(32-60(48,57-42(7,8)9)58-43(10,11)12)28-36-20-16-18-22-39(36)54-34-52-26-24-50-14;1-29-14-16-31-20-33-25-12-5-3-8-22(25)10-7-11-24(19-28)27-18-23-9-4-6-13-26(23)34-21-32-17-15-30-2;1-8(2,3)18-20(14,19-9(4,5)6)7-17-21(15,16)10(11,12)13;1-6-9(7(2)3)8(4)5;1-2-3(4)5/h15-22,37,46H,23-34H2,1-14H3;3-6,8-9,12-13,24,27-28H,7,10-11,14-21H2,1-2H3;7H2,1-6H3;7-8H,6H2,1-5H3;3H,2H2,1H3. The number of aliphatic hydroxyl groups excluding tert-OH is 2. The molecule has 0 saturated carbocycles. The quantitative estimate of drug-likeness (QED) is 0.00703. The Kier molecular flexibility index (Phi) is 62.9. The molecule has 0 aliphatic carbocycles. The van der Waals surface area contributed by atoms with Crippen LogP contribution in [-0.4, -0.2) is 252 Å². The summed E-state index contributed by atoms with van der Waals surface area (Å²) in [5, 5.41) is 24.7. The predicted molar refractivity (Wildman–Crippen MR) is 520 cm³/mol. The third-order valence-electron chi connectivity index (χ3n) is 16.4. The third kappa shape index (κ3) is 62.6. The lowest BCUT2D eigenvalue weighted by molar-refractivity contribution is -0.0538. The van der Waals surface area contributed by atoms with Crippen LogP contribution in [0.1, 0.15) is 208 Å². The van der Waals surface area contributed by atoms with Gasteiger partial charge in [-0.15, -0.1) is 0 Å². The fourth-order valence-corrected chi connectivity index (χ4v) is 19.8. The maximum Gasteiger partial charge on any atom is 0.523 e. The number of nitrogens with zero attached hydrogens (tertiary/aromatic N) is 3. The second-order valence-electron chi connectivity index (χ2n) is 36.1. The molecule has 0 aromatic heterocycles. The van der Waals surface area contributed by atoms with Gasteiger partial charge in [0.1, 0.15) is 35.6 Å². The summed E-state index contributed by atoms with van der Waals surface area (Å²) in [6.07, 6.45) is 2.16. The molecule has 30 nitrogen and oxygen atoms in total. The number of halogens is 5. The lowest BCUT2D eigenvalue weighted by Gasteiger charge is -2.40. The highest BCUT2D eigenvalue weighted by Gasteiger charge is 2.50. The molecule has 2 unspecified atom stereocenters. The van der Waals surface area contributed by atoms with Crippen molar-refractivity contribution in [3.8, 4) is 23.0 Å². The van der Waals surface area contributed by atoms with Crippen LogP contribution >= 0.6 is 68.0 Å². The van der Waals surface area contributed by atoms with E-state index < -0.39 is 84.4 Å². The van der Waals surface area contributed by atoms with E-state index in [1.807, 2.05) is 184 Å². The second kappa shape index (κ2) is 64.3. The second-order valence-corrected chi connectivity index (χ2v) is 48.7. The zero-order chi connectivity index (χ0) is 98.6. The van der Waals surface area contributed by atoms with Gasteiger partial charge < -0.3 is 99.5 Å². The summed E-state index contributed by atoms with van der Waals surface area (Å²) in [6.45, 7) is 50.0. The highest BCUT2D eigenvalue weighted by molar-refractivity contribution is 14.2. The van der Waals surface area contributed by atoms with E-state index in [9.17, 15) is 45.5 Å². The number of methoxy groups -OCH3 is 4. The fourth-order valence-electron chi connectivity index (χ4n) is 11.7. The minimum atomic E-state index is -5.87. The number of alkyl halides is 5. The molecule has 4 rings (SSSR count). The molecule has 39 heteroatoms. The molecule has 0 radical (unpaired) electrons. The summed E-state index contributed by atoms with van der Waals surface area (Å²) in [5.74, 6) is 2.69. The topological polar surface area (TPSA) is 323 Å². The van der Waals surface area contributed by atoms with E-state index in [0.717, 1.165) is 61.5 Å². The van der Waals surface area contributed by atoms with E-state index >= 15 is 0 Å². The summed E-state index contributed by atoms with van der Waals surface area (Å²) < 4.78 is 206. The van der Waals surface area contributed by atoms with Crippen LogP contribution in [0.4, 0.5) is 13.2 Å². The molecule has 0 heterocycles. The van der Waals surface area contributed by atoms with Gasteiger partial charge in [-0.1, -0.05) is 132 Å². The van der Waals surface area contributed by atoms with Crippen LogP contribution in [0.15, 0.2) is 97.1 Å². The number of hydrogen-bond acceptors (Lipinski definition) is 30. The largest absolute Gasteiger partial charge is 0.523 e. The molecule has 0 aliphatic heterocycles. The van der Waals surface area contributed by atoms with Crippen molar-refractivity contribution >= 4 is 78.1 Å². The first-order valence-electron chi connectivity index (χ1n) is 43.3. The van der Waals surface area contributed by atoms with Crippen molar-refractivity contribution < 1.29 is 134 Å². The van der Waals surface area contributed by atoms with E-state index in [-0.39, 0.29) is 78.6 Å². The van der Waals surface area contributed by atoms with E-state index in [1.54, 1.807) is 28.4 Å². The lowest BCUT2D eigenvalue weighted by atomic mass is 10.0. The number of nitrogens with one attached hydrogen (secondary N) is 1. The number of ether oxygens (including phenoxy) is 12. The Morgan fingerprint density at radius 1 is 0.450 bits per heavy atom. The van der Waals surface area contributed by atoms with Gasteiger partial charge in [-0.05, 0) is 214 Å². The molecule has 129 heavy (non-hydrogen) atoms. The van der Waals surface area contributed by atoms with Crippen molar-refractivity contribution in [3.05, 3.63) is 119 Å². The van der Waals surface area contributed by atoms with Crippen LogP contribution in [0.5, 0.6) is 23.0 Å². The molecule has 0 saturated heterocycles. The van der Waals surface area contributed by atoms with E-state index in [1.165, 1.54) is 48.0 Å². The van der Waals surface area contributed by atoms with Crippen LogP contribution < -0.4 is 24.3 Å². The van der Waals surface area contributed by atoms with Crippen molar-refractivity contribution in [1.29, 1.82) is 0 Å². The molecule has 0 spiro atoms. The number of aliphatic hydroxyl groups is 2. The summed E-state index contributed by atoms with van der Waals surface area (Å²) in [6, 6.07) is 31.4. The number of rotatable bonds is 57. The summed E-state index contributed by atoms with van der Waals surface area (Å²) >= 11 is 4.79. The Hall–Kier alpha value is -2.87. The van der Waals surface area contributed by atoms with Crippen molar-refractivity contribution in [2.24, 2.45) is 0 Å². The first kappa shape index (κ1) is 126. The molecular weight excluding hydrogens is 1990 g/mol. The van der Waals surface area contributed by atoms with Gasteiger partial charge in [0, 0.05) is 95.5 Å². The van der Waals surface area contributed by atoms with Gasteiger partial charge in [-0.25, -0.2) is 0 Å². The summed E-state index contributed by atoms with van der Waals surface area (Å²) in [7, 11) is -11.5. The zero-order valence-corrected chi connectivity index (χ0v) is 90.0. The Labute approximate surface area is 799 Å². The van der Waals surface area contributed by atoms with Gasteiger partial charge in [0.2, 0.25) is 0 Å². The van der Waals surface area contributed by atoms with Gasteiger partial charge in [0.05, 0.1) is 102 Å². The summed E-state index contributed by atoms with van der Waals surface area (Å²) in [5.41, 5.74) is -7.37. The average molecular weight is 2150 g/mol. The SMILES string of the molecule is CC(C)(C)OP(=O)(COS(=O)(=O)C(F)(F)F)OC(C)(C)C.CCC(I)I.CCN(C(C)C)C(C)C.COCCOCOc1ccccc1CCCC(CO)NCc1ccccc1OCOCCOC.COCCOCOc1ccccc1CN(CC(CO)N(Cc1ccccc1OCOCCOC)CP(=O)(OC(C)(C)C)OC(C)(C)C)CP(=O)(OC(C)(C)C)OC(C)(C)C. The van der Waals surface area contributed by atoms with Crippen LogP contribution in [0, 0.1) is 0 Å². The van der Waals surface area contributed by atoms with Gasteiger partial charge in [0.25, 0.3) is 0 Å². The molecule has 0 fully saturated rings. The van der Waals surface area contributed by atoms with Crippen LogP contribution in [0.3, 0.4) is 0 Å². The van der Waals surface area contributed by atoms with Crippen LogP contribution in [-0.2, 0) is 119 Å². The van der Waals surface area contributed by atoms with Crippen LogP contribution in [0.2, 0.25) is 0 Å². The molecule has 4 aromatic carbocycles. The molecule has 0 bridgehead atoms. The average Bonchev–Trinajstić information content (AvgIpc) is 0.813. The number of aryl methyl sites for hydroxylation is 1. The van der Waals surface area contributed by atoms with Crippen LogP contribution in [0.25, 0.3) is 0 Å². The van der Waals surface area contributed by atoms with Crippen molar-refractivity contribution in [2.75, 3.05) is 154 Å². The highest BCUT2D eigenvalue weighted by atomic mass is 127. The maximum atomic E-state index is 15.0. The van der Waals surface area contributed by atoms with Crippen molar-refractivity contribution in [2.45, 2.75) is 277 Å². The number of hydrogen-bond donors (Lipinski definition) is 3.